The Morgan fingerprint density at radius 1 is 1.53 bits per heavy atom. The zero-order chi connectivity index (χ0) is 11.4. The summed E-state index contributed by atoms with van der Waals surface area (Å²) in [6, 6.07) is -0.0638. The summed E-state index contributed by atoms with van der Waals surface area (Å²) < 4.78 is 0. The average Bonchev–Trinajstić information content (AvgIpc) is 2.96. The number of carbonyl (C=O) groups is 2. The molecule has 0 aromatic heterocycles. The second-order valence-corrected chi connectivity index (χ2v) is 3.79. The first-order valence-corrected chi connectivity index (χ1v) is 4.95. The lowest BCUT2D eigenvalue weighted by atomic mass is 10.2. The third-order valence-corrected chi connectivity index (χ3v) is 2.24. The molecule has 0 saturated heterocycles. The summed E-state index contributed by atoms with van der Waals surface area (Å²) in [5.41, 5.74) is 0.0565. The van der Waals surface area contributed by atoms with Gasteiger partial charge >= 0.3 is 5.97 Å². The number of carboxylic acid groups (broad SMARTS) is 1. The van der Waals surface area contributed by atoms with Crippen molar-refractivity contribution in [3.05, 3.63) is 12.2 Å². The van der Waals surface area contributed by atoms with Crippen LogP contribution in [0, 0.1) is 0 Å². The predicted octanol–water partition coefficient (Wildman–Crippen LogP) is -0.116. The van der Waals surface area contributed by atoms with Crippen LogP contribution in [0.25, 0.3) is 0 Å². The van der Waals surface area contributed by atoms with Gasteiger partial charge in [-0.05, 0) is 19.8 Å². The Hall–Kier alpha value is -1.36. The summed E-state index contributed by atoms with van der Waals surface area (Å²) in [5.74, 6) is -1.13. The minimum absolute atomic E-state index is 0.0565. The number of rotatable bonds is 6. The van der Waals surface area contributed by atoms with Crippen molar-refractivity contribution < 1.29 is 14.7 Å². The SMILES string of the molecule is C=C(CNC(C)C(=O)NC1CC1)C(=O)O. The van der Waals surface area contributed by atoms with Crippen LogP contribution >= 0.6 is 0 Å². The molecular formula is C10H16N2O3. The van der Waals surface area contributed by atoms with Crippen LogP contribution in [0.1, 0.15) is 19.8 Å². The van der Waals surface area contributed by atoms with Crippen molar-refractivity contribution in [3.63, 3.8) is 0 Å². The maximum Gasteiger partial charge on any atom is 0.332 e. The van der Waals surface area contributed by atoms with Gasteiger partial charge in [0.25, 0.3) is 0 Å². The average molecular weight is 212 g/mol. The van der Waals surface area contributed by atoms with Crippen molar-refractivity contribution in [2.24, 2.45) is 0 Å². The summed E-state index contributed by atoms with van der Waals surface area (Å²) >= 11 is 0. The minimum atomic E-state index is -1.04. The van der Waals surface area contributed by atoms with E-state index in [0.29, 0.717) is 6.04 Å². The molecule has 3 N–H and O–H groups in total. The van der Waals surface area contributed by atoms with Crippen LogP contribution < -0.4 is 10.6 Å². The largest absolute Gasteiger partial charge is 0.478 e. The van der Waals surface area contributed by atoms with Gasteiger partial charge in [-0.2, -0.15) is 0 Å². The van der Waals surface area contributed by atoms with Gasteiger partial charge in [-0.15, -0.1) is 0 Å². The molecule has 1 fully saturated rings. The normalized spacial score (nSPS) is 16.9. The molecule has 0 aliphatic heterocycles. The highest BCUT2D eigenvalue weighted by Gasteiger charge is 2.25. The number of hydrogen-bond donors (Lipinski definition) is 3. The molecule has 1 rings (SSSR count). The zero-order valence-corrected chi connectivity index (χ0v) is 8.75. The van der Waals surface area contributed by atoms with Gasteiger partial charge in [0.1, 0.15) is 0 Å². The number of amides is 1. The topological polar surface area (TPSA) is 78.4 Å². The van der Waals surface area contributed by atoms with Crippen LogP contribution in [-0.2, 0) is 9.59 Å². The lowest BCUT2D eigenvalue weighted by Crippen LogP contribution is -2.43. The number of hydrogen-bond acceptors (Lipinski definition) is 3. The molecule has 5 heteroatoms. The van der Waals surface area contributed by atoms with E-state index in [1.165, 1.54) is 0 Å². The van der Waals surface area contributed by atoms with Gasteiger partial charge < -0.3 is 15.7 Å². The molecular weight excluding hydrogens is 196 g/mol. The van der Waals surface area contributed by atoms with E-state index in [0.717, 1.165) is 12.8 Å². The third kappa shape index (κ3) is 4.12. The molecule has 0 heterocycles. The van der Waals surface area contributed by atoms with Gasteiger partial charge in [-0.1, -0.05) is 6.58 Å². The molecule has 0 aromatic carbocycles. The Bertz CT molecular complexity index is 284. The van der Waals surface area contributed by atoms with E-state index in [2.05, 4.69) is 17.2 Å². The quantitative estimate of drug-likeness (QED) is 0.536. The van der Waals surface area contributed by atoms with Gasteiger partial charge in [0.15, 0.2) is 0 Å². The number of carboxylic acids is 1. The molecule has 0 radical (unpaired) electrons. The first-order chi connectivity index (χ1) is 7.00. The fourth-order valence-corrected chi connectivity index (χ4v) is 0.998. The molecule has 0 aromatic rings. The first kappa shape index (κ1) is 11.7. The lowest BCUT2D eigenvalue weighted by molar-refractivity contribution is -0.133. The van der Waals surface area contributed by atoms with Crippen molar-refractivity contribution in [1.82, 2.24) is 10.6 Å². The fourth-order valence-electron chi connectivity index (χ4n) is 0.998. The maximum absolute atomic E-state index is 11.4. The zero-order valence-electron chi connectivity index (χ0n) is 8.75. The Morgan fingerprint density at radius 2 is 2.13 bits per heavy atom. The lowest BCUT2D eigenvalue weighted by Gasteiger charge is -2.13. The van der Waals surface area contributed by atoms with Crippen molar-refractivity contribution in [1.29, 1.82) is 0 Å². The van der Waals surface area contributed by atoms with Crippen LogP contribution in [0.15, 0.2) is 12.2 Å². The summed E-state index contributed by atoms with van der Waals surface area (Å²) in [6.07, 6.45) is 2.08. The molecule has 84 valence electrons. The Kier molecular flexibility index (Phi) is 3.85. The minimum Gasteiger partial charge on any atom is -0.478 e. The molecule has 1 unspecified atom stereocenters. The highest BCUT2D eigenvalue weighted by atomic mass is 16.4. The Morgan fingerprint density at radius 3 is 2.60 bits per heavy atom. The Labute approximate surface area is 88.5 Å². The van der Waals surface area contributed by atoms with Crippen molar-refractivity contribution in [2.75, 3.05) is 6.54 Å². The summed E-state index contributed by atoms with van der Waals surface area (Å²) in [6.45, 7) is 5.19. The van der Waals surface area contributed by atoms with E-state index in [-0.39, 0.29) is 24.1 Å². The molecule has 1 saturated carbocycles. The molecule has 15 heavy (non-hydrogen) atoms. The number of aliphatic carboxylic acids is 1. The second kappa shape index (κ2) is 4.93. The highest BCUT2D eigenvalue weighted by Crippen LogP contribution is 2.18. The van der Waals surface area contributed by atoms with Gasteiger partial charge in [-0.3, -0.25) is 4.79 Å². The first-order valence-electron chi connectivity index (χ1n) is 4.95. The van der Waals surface area contributed by atoms with E-state index in [9.17, 15) is 9.59 Å². The Balaban J connectivity index is 2.21. The highest BCUT2D eigenvalue weighted by molar-refractivity contribution is 5.86. The van der Waals surface area contributed by atoms with E-state index in [1.807, 2.05) is 0 Å². The van der Waals surface area contributed by atoms with E-state index in [1.54, 1.807) is 6.92 Å². The number of carbonyl (C=O) groups excluding carboxylic acids is 1. The summed E-state index contributed by atoms with van der Waals surface area (Å²) in [4.78, 5) is 21.9. The standard InChI is InChI=1S/C10H16N2O3/c1-6(10(14)15)5-11-7(2)9(13)12-8-3-4-8/h7-8,11H,1,3-5H2,2H3,(H,12,13)(H,14,15). The van der Waals surface area contributed by atoms with E-state index >= 15 is 0 Å². The van der Waals surface area contributed by atoms with Crippen molar-refractivity contribution >= 4 is 11.9 Å². The van der Waals surface area contributed by atoms with E-state index in [4.69, 9.17) is 5.11 Å². The molecule has 1 atom stereocenters. The summed E-state index contributed by atoms with van der Waals surface area (Å²) in [7, 11) is 0. The molecule has 5 nitrogen and oxygen atoms in total. The van der Waals surface area contributed by atoms with Crippen LogP contribution in [-0.4, -0.2) is 35.6 Å². The van der Waals surface area contributed by atoms with Gasteiger partial charge in [0, 0.05) is 18.2 Å². The molecule has 1 aliphatic carbocycles. The van der Waals surface area contributed by atoms with Crippen LogP contribution in [0.3, 0.4) is 0 Å². The van der Waals surface area contributed by atoms with Gasteiger partial charge in [-0.25, -0.2) is 4.79 Å². The monoisotopic (exact) mass is 212 g/mol. The number of nitrogens with one attached hydrogen (secondary N) is 2. The molecule has 1 aliphatic rings. The second-order valence-electron chi connectivity index (χ2n) is 3.79. The molecule has 0 spiro atoms. The smallest absolute Gasteiger partial charge is 0.332 e. The maximum atomic E-state index is 11.4. The van der Waals surface area contributed by atoms with Gasteiger partial charge in [0.05, 0.1) is 6.04 Å². The van der Waals surface area contributed by atoms with Gasteiger partial charge in [0.2, 0.25) is 5.91 Å². The summed E-state index contributed by atoms with van der Waals surface area (Å²) in [5, 5.41) is 14.2. The van der Waals surface area contributed by atoms with Crippen LogP contribution in [0.5, 0.6) is 0 Å². The third-order valence-electron chi connectivity index (χ3n) is 2.24. The molecule has 1 amide bonds. The van der Waals surface area contributed by atoms with Crippen LogP contribution in [0.2, 0.25) is 0 Å². The van der Waals surface area contributed by atoms with E-state index < -0.39 is 5.97 Å². The van der Waals surface area contributed by atoms with Crippen molar-refractivity contribution in [2.45, 2.75) is 31.8 Å². The fraction of sp³-hybridized carbons (Fsp3) is 0.600. The molecule has 0 bridgehead atoms. The van der Waals surface area contributed by atoms with Crippen molar-refractivity contribution in [3.8, 4) is 0 Å². The predicted molar refractivity (Wildman–Crippen MR) is 55.4 cm³/mol. The van der Waals surface area contributed by atoms with Crippen LogP contribution in [0.4, 0.5) is 0 Å².